The van der Waals surface area contributed by atoms with Crippen LogP contribution >= 0.6 is 24.8 Å². The fourth-order valence-corrected chi connectivity index (χ4v) is 3.49. The highest BCUT2D eigenvalue weighted by Gasteiger charge is 2.36. The topological polar surface area (TPSA) is 58.4 Å². The van der Waals surface area contributed by atoms with E-state index in [0.29, 0.717) is 6.42 Å². The molecule has 0 radical (unpaired) electrons. The molecule has 1 rings (SSSR count). The molecule has 0 aromatic rings. The van der Waals surface area contributed by atoms with Crippen LogP contribution in [0, 0.1) is 5.92 Å². The molecule has 1 saturated carbocycles. The van der Waals surface area contributed by atoms with Gasteiger partial charge in [-0.05, 0) is 52.2 Å². The average Bonchev–Trinajstić information content (AvgIpc) is 2.45. The molecule has 0 aromatic carbocycles. The van der Waals surface area contributed by atoms with Crippen molar-refractivity contribution in [1.29, 1.82) is 0 Å². The van der Waals surface area contributed by atoms with Crippen LogP contribution in [0.4, 0.5) is 0 Å². The van der Waals surface area contributed by atoms with Gasteiger partial charge < -0.3 is 16.0 Å². The number of likely N-dealkylation sites (N-methyl/N-ethyl adjacent to an activating group) is 1. The van der Waals surface area contributed by atoms with Crippen molar-refractivity contribution in [2.24, 2.45) is 11.7 Å². The van der Waals surface area contributed by atoms with Gasteiger partial charge in [-0.25, -0.2) is 0 Å². The summed E-state index contributed by atoms with van der Waals surface area (Å²) in [7, 11) is 4.30. The number of amides is 1. The van der Waals surface area contributed by atoms with Crippen molar-refractivity contribution in [3.63, 3.8) is 0 Å². The van der Waals surface area contributed by atoms with Crippen LogP contribution in [0.1, 0.15) is 64.7 Å². The van der Waals surface area contributed by atoms with Gasteiger partial charge in [0.1, 0.15) is 0 Å². The second-order valence-electron chi connectivity index (χ2n) is 7.05. The Kier molecular flexibility index (Phi) is 14.6. The zero-order valence-corrected chi connectivity index (χ0v) is 16.7. The minimum Gasteiger partial charge on any atom is -0.354 e. The number of nitrogens with zero attached hydrogens (tertiary/aromatic N) is 1. The van der Waals surface area contributed by atoms with Crippen molar-refractivity contribution >= 4 is 30.7 Å². The van der Waals surface area contributed by atoms with Crippen LogP contribution in [-0.4, -0.2) is 43.5 Å². The molecule has 0 aromatic heterocycles. The highest BCUT2D eigenvalue weighted by Crippen LogP contribution is 2.35. The predicted molar refractivity (Wildman–Crippen MR) is 104 cm³/mol. The van der Waals surface area contributed by atoms with E-state index < -0.39 is 0 Å². The molecule has 0 aliphatic heterocycles. The van der Waals surface area contributed by atoms with Crippen molar-refractivity contribution in [1.82, 2.24) is 10.2 Å². The number of nitrogens with two attached hydrogens (primary N) is 1. The van der Waals surface area contributed by atoms with Gasteiger partial charge >= 0.3 is 0 Å². The lowest BCUT2D eigenvalue weighted by Crippen LogP contribution is -2.55. The van der Waals surface area contributed by atoms with E-state index >= 15 is 0 Å². The van der Waals surface area contributed by atoms with Gasteiger partial charge in [-0.2, -0.15) is 0 Å². The van der Waals surface area contributed by atoms with Gasteiger partial charge in [-0.3, -0.25) is 4.79 Å². The van der Waals surface area contributed by atoms with Crippen LogP contribution < -0.4 is 11.1 Å². The van der Waals surface area contributed by atoms with E-state index in [9.17, 15) is 4.79 Å². The third-order valence-corrected chi connectivity index (χ3v) is 4.99. The first-order valence-electron chi connectivity index (χ1n) is 8.64. The van der Waals surface area contributed by atoms with E-state index in [1.165, 1.54) is 25.7 Å². The highest BCUT2D eigenvalue weighted by atomic mass is 35.5. The van der Waals surface area contributed by atoms with Gasteiger partial charge in [0.25, 0.3) is 0 Å². The number of unbranched alkanes of at least 4 members (excludes halogenated alkanes) is 3. The largest absolute Gasteiger partial charge is 0.354 e. The first-order chi connectivity index (χ1) is 10.00. The zero-order valence-electron chi connectivity index (χ0n) is 15.1. The first-order valence-corrected chi connectivity index (χ1v) is 8.64. The molecule has 6 heteroatoms. The molecule has 0 heterocycles. The molecule has 3 N–H and O–H groups in total. The van der Waals surface area contributed by atoms with E-state index in [2.05, 4.69) is 31.2 Å². The van der Waals surface area contributed by atoms with E-state index in [1.807, 2.05) is 0 Å². The zero-order chi connectivity index (χ0) is 15.7. The number of hydrogen-bond acceptors (Lipinski definition) is 3. The van der Waals surface area contributed by atoms with Gasteiger partial charge in [0, 0.05) is 18.5 Å². The fourth-order valence-electron chi connectivity index (χ4n) is 3.49. The maximum Gasteiger partial charge on any atom is 0.220 e. The molecule has 1 amide bonds. The summed E-state index contributed by atoms with van der Waals surface area (Å²) >= 11 is 0. The molecule has 1 aliphatic rings. The van der Waals surface area contributed by atoms with Crippen LogP contribution in [0.3, 0.4) is 0 Å². The van der Waals surface area contributed by atoms with E-state index in [4.69, 9.17) is 5.73 Å². The lowest BCUT2D eigenvalue weighted by molar-refractivity contribution is -0.122. The molecule has 0 bridgehead atoms. The lowest BCUT2D eigenvalue weighted by atomic mass is 9.75. The molecule has 2 unspecified atom stereocenters. The Hall–Kier alpha value is -0.0300. The van der Waals surface area contributed by atoms with E-state index in [0.717, 1.165) is 44.7 Å². The Labute approximate surface area is 155 Å². The van der Waals surface area contributed by atoms with Crippen molar-refractivity contribution < 1.29 is 4.79 Å². The number of carbonyl (C=O) groups is 1. The van der Waals surface area contributed by atoms with Crippen LogP contribution in [-0.2, 0) is 4.79 Å². The summed E-state index contributed by atoms with van der Waals surface area (Å²) in [4.78, 5) is 14.3. The summed E-state index contributed by atoms with van der Waals surface area (Å²) in [5, 5.41) is 3.18. The van der Waals surface area contributed by atoms with E-state index in [-0.39, 0.29) is 36.3 Å². The molecule has 1 fully saturated rings. The Morgan fingerprint density at radius 1 is 1.22 bits per heavy atom. The summed E-state index contributed by atoms with van der Waals surface area (Å²) < 4.78 is 0. The van der Waals surface area contributed by atoms with Gasteiger partial charge in [-0.15, -0.1) is 24.8 Å². The lowest BCUT2D eigenvalue weighted by Gasteiger charge is -2.45. The molecule has 4 nitrogen and oxygen atoms in total. The third kappa shape index (κ3) is 9.13. The molecule has 23 heavy (non-hydrogen) atoms. The highest BCUT2D eigenvalue weighted by molar-refractivity contribution is 5.85. The van der Waals surface area contributed by atoms with Gasteiger partial charge in [0.2, 0.25) is 5.91 Å². The quantitative estimate of drug-likeness (QED) is 0.612. The Balaban J connectivity index is 0. The third-order valence-electron chi connectivity index (χ3n) is 4.99. The molecule has 0 saturated heterocycles. The summed E-state index contributed by atoms with van der Waals surface area (Å²) in [5.74, 6) is 0.969. The molecular formula is C17H37Cl2N3O. The molecule has 0 spiro atoms. The molecular weight excluding hydrogens is 333 g/mol. The second-order valence-corrected chi connectivity index (χ2v) is 7.05. The summed E-state index contributed by atoms with van der Waals surface area (Å²) in [6, 6.07) is 0. The van der Waals surface area contributed by atoms with E-state index in [1.54, 1.807) is 0 Å². The maximum absolute atomic E-state index is 12.0. The smallest absolute Gasteiger partial charge is 0.220 e. The Morgan fingerprint density at radius 3 is 2.43 bits per heavy atom. The van der Waals surface area contributed by atoms with Crippen molar-refractivity contribution in [3.05, 3.63) is 0 Å². The molecule has 2 atom stereocenters. The monoisotopic (exact) mass is 369 g/mol. The first kappa shape index (κ1) is 25.2. The summed E-state index contributed by atoms with van der Waals surface area (Å²) in [6.07, 6.45) is 9.95. The number of rotatable bonds is 9. The van der Waals surface area contributed by atoms with Crippen LogP contribution in [0.2, 0.25) is 0 Å². The SMILES string of the molecule is CC1CCCC(CNC(=O)CCCCCCN)(N(C)C)C1.Cl.Cl. The van der Waals surface area contributed by atoms with Crippen molar-refractivity contribution in [2.75, 3.05) is 27.2 Å². The van der Waals surface area contributed by atoms with Crippen LogP contribution in [0.15, 0.2) is 0 Å². The summed E-state index contributed by atoms with van der Waals surface area (Å²) in [6.45, 7) is 3.89. The number of carbonyl (C=O) groups excluding carboxylic acids is 1. The van der Waals surface area contributed by atoms with Crippen molar-refractivity contribution in [3.8, 4) is 0 Å². The number of halogens is 2. The standard InChI is InChI=1S/C17H35N3O.2ClH/c1-15-9-8-11-17(13-15,20(2)3)14-19-16(21)10-6-4-5-7-12-18;;/h15H,4-14,18H2,1-3H3,(H,19,21);2*1H. The number of hydrogen-bond donors (Lipinski definition) is 2. The molecule has 1 aliphatic carbocycles. The average molecular weight is 370 g/mol. The Bertz CT molecular complexity index is 316. The van der Waals surface area contributed by atoms with Gasteiger partial charge in [-0.1, -0.05) is 32.6 Å². The van der Waals surface area contributed by atoms with Gasteiger partial charge in [0.15, 0.2) is 0 Å². The molecule has 140 valence electrons. The van der Waals surface area contributed by atoms with Crippen LogP contribution in [0.25, 0.3) is 0 Å². The number of nitrogens with one attached hydrogen (secondary N) is 1. The second kappa shape index (κ2) is 13.3. The fraction of sp³-hybridized carbons (Fsp3) is 0.941. The summed E-state index contributed by atoms with van der Waals surface area (Å²) in [5.41, 5.74) is 5.63. The normalized spacial score (nSPS) is 23.8. The minimum absolute atomic E-state index is 0. The van der Waals surface area contributed by atoms with Crippen molar-refractivity contribution in [2.45, 2.75) is 70.3 Å². The van der Waals surface area contributed by atoms with Gasteiger partial charge in [0.05, 0.1) is 0 Å². The Morgan fingerprint density at radius 2 is 1.87 bits per heavy atom. The maximum atomic E-state index is 12.0. The predicted octanol–water partition coefficient (Wildman–Crippen LogP) is 3.37. The minimum atomic E-state index is 0. The van der Waals surface area contributed by atoms with Crippen LogP contribution in [0.5, 0.6) is 0 Å².